The normalized spacial score (nSPS) is 23.9. The van der Waals surface area contributed by atoms with Gasteiger partial charge in [0, 0.05) is 31.5 Å². The molecule has 7 heteroatoms. The van der Waals surface area contributed by atoms with Crippen molar-refractivity contribution in [3.8, 4) is 6.07 Å². The molecule has 6 nitrogen and oxygen atoms in total. The number of amides is 1. The maximum absolute atomic E-state index is 13.5. The summed E-state index contributed by atoms with van der Waals surface area (Å²) in [6.45, 7) is 0. The molecule has 2 aliphatic rings. The highest BCUT2D eigenvalue weighted by Gasteiger charge is 2.43. The fourth-order valence-electron chi connectivity index (χ4n) is 4.51. The lowest BCUT2D eigenvalue weighted by Gasteiger charge is -2.13. The molecule has 27 heavy (non-hydrogen) atoms. The predicted octanol–water partition coefficient (Wildman–Crippen LogP) is 3.16. The summed E-state index contributed by atoms with van der Waals surface area (Å²) in [5, 5.41) is 11.7. The Hall–Kier alpha value is -3.01. The smallest absolute Gasteiger partial charge is 0.274 e. The Kier molecular flexibility index (Phi) is 4.27. The zero-order chi connectivity index (χ0) is 19.1. The predicted molar refractivity (Wildman–Crippen MR) is 95.5 cm³/mol. The SMILES string of the molecule is Cn1cnc(C2CC3CC(=O)CC3C2)c1C(=O)Nc1ccc(F)c(C#N)c1. The molecular weight excluding hydrogens is 347 g/mol. The van der Waals surface area contributed by atoms with Crippen LogP contribution in [0.5, 0.6) is 0 Å². The van der Waals surface area contributed by atoms with E-state index in [0.717, 1.165) is 24.6 Å². The first-order chi connectivity index (χ1) is 13.0. The Labute approximate surface area is 156 Å². The molecule has 2 aromatic rings. The van der Waals surface area contributed by atoms with E-state index < -0.39 is 5.82 Å². The van der Waals surface area contributed by atoms with E-state index in [-0.39, 0.29) is 17.4 Å². The van der Waals surface area contributed by atoms with Gasteiger partial charge < -0.3 is 9.88 Å². The van der Waals surface area contributed by atoms with Crippen molar-refractivity contribution in [2.45, 2.75) is 31.6 Å². The highest BCUT2D eigenvalue weighted by atomic mass is 19.1. The van der Waals surface area contributed by atoms with Crippen LogP contribution in [0.1, 0.15) is 53.3 Å². The number of carbonyl (C=O) groups is 2. The number of nitrogens with one attached hydrogen (secondary N) is 1. The van der Waals surface area contributed by atoms with Crippen molar-refractivity contribution in [1.29, 1.82) is 5.26 Å². The molecule has 0 aliphatic heterocycles. The topological polar surface area (TPSA) is 87.8 Å². The first-order valence-electron chi connectivity index (χ1n) is 9.00. The lowest BCUT2D eigenvalue weighted by atomic mass is 9.97. The maximum atomic E-state index is 13.5. The zero-order valence-corrected chi connectivity index (χ0v) is 14.9. The molecule has 1 amide bonds. The van der Waals surface area contributed by atoms with Gasteiger partial charge in [0.25, 0.3) is 5.91 Å². The van der Waals surface area contributed by atoms with Gasteiger partial charge in [-0.25, -0.2) is 9.37 Å². The molecule has 1 aromatic carbocycles. The Balaban J connectivity index is 1.56. The summed E-state index contributed by atoms with van der Waals surface area (Å²) in [5.41, 5.74) is 1.46. The zero-order valence-electron chi connectivity index (χ0n) is 14.9. The van der Waals surface area contributed by atoms with Gasteiger partial charge in [0.15, 0.2) is 0 Å². The maximum Gasteiger partial charge on any atom is 0.274 e. The summed E-state index contributed by atoms with van der Waals surface area (Å²) in [6.07, 6.45) is 4.66. The lowest BCUT2D eigenvalue weighted by Crippen LogP contribution is -2.18. The van der Waals surface area contributed by atoms with Gasteiger partial charge in [-0.05, 0) is 42.9 Å². The third-order valence-corrected chi connectivity index (χ3v) is 5.73. The summed E-state index contributed by atoms with van der Waals surface area (Å²) in [7, 11) is 1.76. The van der Waals surface area contributed by atoms with Gasteiger partial charge in [-0.2, -0.15) is 5.26 Å². The van der Waals surface area contributed by atoms with Gasteiger partial charge in [-0.15, -0.1) is 0 Å². The molecule has 2 saturated carbocycles. The van der Waals surface area contributed by atoms with Crippen molar-refractivity contribution in [2.75, 3.05) is 5.32 Å². The van der Waals surface area contributed by atoms with Crippen molar-refractivity contribution in [2.24, 2.45) is 18.9 Å². The molecule has 2 aliphatic carbocycles. The second kappa shape index (κ2) is 6.62. The molecule has 0 radical (unpaired) electrons. The number of Topliss-reactive ketones (excluding diaryl/α,β-unsaturated/α-hetero) is 1. The Morgan fingerprint density at radius 1 is 1.33 bits per heavy atom. The van der Waals surface area contributed by atoms with Crippen LogP contribution >= 0.6 is 0 Å². The number of anilines is 1. The lowest BCUT2D eigenvalue weighted by molar-refractivity contribution is -0.117. The number of aryl methyl sites for hydroxylation is 1. The Bertz CT molecular complexity index is 959. The van der Waals surface area contributed by atoms with Crippen LogP contribution in [0, 0.1) is 29.0 Å². The van der Waals surface area contributed by atoms with Crippen molar-refractivity contribution in [3.63, 3.8) is 0 Å². The van der Waals surface area contributed by atoms with Crippen LogP contribution in [0.2, 0.25) is 0 Å². The Morgan fingerprint density at radius 2 is 2.04 bits per heavy atom. The van der Waals surface area contributed by atoms with E-state index in [1.807, 2.05) is 0 Å². The second-order valence-corrected chi connectivity index (χ2v) is 7.49. The van der Waals surface area contributed by atoms with E-state index in [4.69, 9.17) is 5.26 Å². The van der Waals surface area contributed by atoms with Gasteiger partial charge in [0.2, 0.25) is 0 Å². The number of nitriles is 1. The minimum absolute atomic E-state index is 0.119. The molecule has 1 heterocycles. The van der Waals surface area contributed by atoms with Crippen LogP contribution in [-0.2, 0) is 11.8 Å². The minimum Gasteiger partial charge on any atom is -0.329 e. The third kappa shape index (κ3) is 3.12. The van der Waals surface area contributed by atoms with Crippen LogP contribution in [0.15, 0.2) is 24.5 Å². The number of fused-ring (bicyclic) bond motifs is 1. The molecule has 2 unspecified atom stereocenters. The molecular formula is C20H19FN4O2. The number of hydrogen-bond donors (Lipinski definition) is 1. The van der Waals surface area contributed by atoms with Gasteiger partial charge in [0.1, 0.15) is 23.4 Å². The fourth-order valence-corrected chi connectivity index (χ4v) is 4.51. The van der Waals surface area contributed by atoms with E-state index in [9.17, 15) is 14.0 Å². The van der Waals surface area contributed by atoms with Crippen LogP contribution in [-0.4, -0.2) is 21.2 Å². The molecule has 138 valence electrons. The molecule has 2 atom stereocenters. The van der Waals surface area contributed by atoms with E-state index in [1.165, 1.54) is 12.1 Å². The minimum atomic E-state index is -0.622. The first kappa shape index (κ1) is 17.4. The monoisotopic (exact) mass is 366 g/mol. The summed E-state index contributed by atoms with van der Waals surface area (Å²) >= 11 is 0. The Morgan fingerprint density at radius 3 is 2.70 bits per heavy atom. The summed E-state index contributed by atoms with van der Waals surface area (Å²) < 4.78 is 15.2. The number of hydrogen-bond acceptors (Lipinski definition) is 4. The van der Waals surface area contributed by atoms with Crippen LogP contribution in [0.3, 0.4) is 0 Å². The number of ketones is 1. The summed E-state index contributed by atoms with van der Waals surface area (Å²) in [5.74, 6) is 0.341. The largest absolute Gasteiger partial charge is 0.329 e. The van der Waals surface area contributed by atoms with Gasteiger partial charge >= 0.3 is 0 Å². The molecule has 0 saturated heterocycles. The number of carbonyl (C=O) groups excluding carboxylic acids is 2. The molecule has 0 spiro atoms. The number of benzene rings is 1. The van der Waals surface area contributed by atoms with E-state index in [0.29, 0.717) is 41.8 Å². The molecule has 0 bridgehead atoms. The number of aromatic nitrogens is 2. The highest BCUT2D eigenvalue weighted by molar-refractivity contribution is 6.04. The molecule has 2 fully saturated rings. The number of imidazole rings is 1. The van der Waals surface area contributed by atoms with Gasteiger partial charge in [-0.1, -0.05) is 0 Å². The summed E-state index contributed by atoms with van der Waals surface area (Å²) in [6, 6.07) is 5.67. The highest BCUT2D eigenvalue weighted by Crippen LogP contribution is 2.49. The quantitative estimate of drug-likeness (QED) is 0.904. The van der Waals surface area contributed by atoms with Gasteiger partial charge in [-0.3, -0.25) is 9.59 Å². The van der Waals surface area contributed by atoms with Crippen molar-refractivity contribution in [3.05, 3.63) is 47.3 Å². The van der Waals surface area contributed by atoms with Crippen LogP contribution < -0.4 is 5.32 Å². The van der Waals surface area contributed by atoms with Crippen molar-refractivity contribution in [1.82, 2.24) is 9.55 Å². The van der Waals surface area contributed by atoms with Gasteiger partial charge in [0.05, 0.1) is 17.6 Å². The molecule has 4 rings (SSSR count). The standard InChI is InChI=1S/C20H19FN4O2/c1-25-10-23-18(13-4-11-7-16(26)8-12(11)5-13)19(25)20(27)24-15-2-3-17(21)14(6-15)9-22/h2-3,6,10-13H,4-5,7-8H2,1H3,(H,24,27). The average Bonchev–Trinajstić information content (AvgIpc) is 3.28. The second-order valence-electron chi connectivity index (χ2n) is 7.49. The van der Waals surface area contributed by atoms with E-state index in [1.54, 1.807) is 24.0 Å². The van der Waals surface area contributed by atoms with Crippen LogP contribution in [0.25, 0.3) is 0 Å². The summed E-state index contributed by atoms with van der Waals surface area (Å²) in [4.78, 5) is 28.9. The molecule has 1 aromatic heterocycles. The number of halogens is 1. The average molecular weight is 366 g/mol. The van der Waals surface area contributed by atoms with Crippen LogP contribution in [0.4, 0.5) is 10.1 Å². The van der Waals surface area contributed by atoms with Crippen molar-refractivity contribution < 1.29 is 14.0 Å². The number of nitrogens with zero attached hydrogens (tertiary/aromatic N) is 3. The molecule has 1 N–H and O–H groups in total. The first-order valence-corrected chi connectivity index (χ1v) is 9.00. The van der Waals surface area contributed by atoms with E-state index >= 15 is 0 Å². The van der Waals surface area contributed by atoms with Crippen molar-refractivity contribution >= 4 is 17.4 Å². The van der Waals surface area contributed by atoms with E-state index in [2.05, 4.69) is 10.3 Å². The third-order valence-electron chi connectivity index (χ3n) is 5.73. The fraction of sp³-hybridized carbons (Fsp3) is 0.400. The number of rotatable bonds is 3.